The van der Waals surface area contributed by atoms with E-state index in [0.29, 0.717) is 6.04 Å². The molecule has 1 saturated carbocycles. The molecule has 49 valence electrons. The molecule has 0 atom stereocenters. The van der Waals surface area contributed by atoms with Crippen LogP contribution in [0.2, 0.25) is 0 Å². The number of hydrogen-bond donors (Lipinski definition) is 1. The summed E-state index contributed by atoms with van der Waals surface area (Å²) < 4.78 is 0. The van der Waals surface area contributed by atoms with Crippen molar-refractivity contribution in [2.75, 3.05) is 0 Å². The predicted molar refractivity (Wildman–Crippen MR) is 31.5 cm³/mol. The molecule has 1 aliphatic carbocycles. The summed E-state index contributed by atoms with van der Waals surface area (Å²) in [5, 5.41) is 2.65. The number of carbonyl (C=O) groups excluding carboxylic acids is 2. The molecule has 0 aromatic carbocycles. The van der Waals surface area contributed by atoms with Crippen LogP contribution in [0.5, 0.6) is 0 Å². The van der Waals surface area contributed by atoms with Crippen molar-refractivity contribution in [1.82, 2.24) is 5.32 Å². The van der Waals surface area contributed by atoms with Gasteiger partial charge in [-0.2, -0.15) is 0 Å². The van der Waals surface area contributed by atoms with Crippen LogP contribution >= 0.6 is 0 Å². The van der Waals surface area contributed by atoms with Crippen LogP contribution in [-0.4, -0.2) is 18.2 Å². The summed E-state index contributed by atoms with van der Waals surface area (Å²) in [5.41, 5.74) is 0. The Kier molecular flexibility index (Phi) is 1.82. The van der Waals surface area contributed by atoms with Gasteiger partial charge in [0, 0.05) is 6.04 Å². The van der Waals surface area contributed by atoms with Crippen LogP contribution in [0.3, 0.4) is 0 Å². The summed E-state index contributed by atoms with van der Waals surface area (Å²) in [6.45, 7) is 0. The first kappa shape index (κ1) is 6.26. The van der Waals surface area contributed by atoms with E-state index in [1.54, 1.807) is 0 Å². The molecular weight excluding hydrogens is 118 g/mol. The zero-order chi connectivity index (χ0) is 6.69. The molecular formula is C6H8NO2. The zero-order valence-electron chi connectivity index (χ0n) is 5.02. The molecule has 1 amide bonds. The standard InChI is InChI=1S/C6H8NO2/c8-4-3-6(9)7-5-1-2-5/h5H,1-3H2,(H,7,9). The number of rotatable bonds is 3. The average Bonchev–Trinajstić information content (AvgIpc) is 2.50. The van der Waals surface area contributed by atoms with E-state index in [2.05, 4.69) is 5.32 Å². The smallest absolute Gasteiger partial charge is 0.228 e. The Morgan fingerprint density at radius 3 is 2.78 bits per heavy atom. The van der Waals surface area contributed by atoms with Gasteiger partial charge in [0.15, 0.2) is 0 Å². The highest BCUT2D eigenvalue weighted by atomic mass is 16.2. The fraction of sp³-hybridized carbons (Fsp3) is 0.667. The van der Waals surface area contributed by atoms with E-state index in [1.807, 2.05) is 0 Å². The topological polar surface area (TPSA) is 46.2 Å². The molecule has 0 spiro atoms. The third-order valence-corrected chi connectivity index (χ3v) is 1.18. The lowest BCUT2D eigenvalue weighted by Crippen LogP contribution is -2.25. The van der Waals surface area contributed by atoms with E-state index < -0.39 is 0 Å². The van der Waals surface area contributed by atoms with E-state index in [9.17, 15) is 9.59 Å². The Bertz CT molecular complexity index is 129. The van der Waals surface area contributed by atoms with Crippen LogP contribution in [0, 0.1) is 0 Å². The molecule has 0 unspecified atom stereocenters. The van der Waals surface area contributed by atoms with E-state index in [4.69, 9.17) is 0 Å². The molecule has 0 aliphatic heterocycles. The average molecular weight is 126 g/mol. The van der Waals surface area contributed by atoms with Gasteiger partial charge >= 0.3 is 0 Å². The lowest BCUT2D eigenvalue weighted by molar-refractivity contribution is -0.120. The summed E-state index contributed by atoms with van der Waals surface area (Å²) in [7, 11) is 0. The highest BCUT2D eigenvalue weighted by Crippen LogP contribution is 2.18. The number of amides is 1. The van der Waals surface area contributed by atoms with Crippen molar-refractivity contribution < 1.29 is 9.59 Å². The third kappa shape index (κ3) is 2.26. The van der Waals surface area contributed by atoms with Gasteiger partial charge in [0.2, 0.25) is 12.2 Å². The van der Waals surface area contributed by atoms with Crippen molar-refractivity contribution in [2.45, 2.75) is 25.3 Å². The molecule has 0 aromatic heterocycles. The fourth-order valence-corrected chi connectivity index (χ4v) is 0.572. The van der Waals surface area contributed by atoms with Crippen molar-refractivity contribution in [2.24, 2.45) is 0 Å². The Morgan fingerprint density at radius 1 is 1.67 bits per heavy atom. The molecule has 0 heterocycles. The van der Waals surface area contributed by atoms with Gasteiger partial charge in [0.1, 0.15) is 0 Å². The van der Waals surface area contributed by atoms with Gasteiger partial charge < -0.3 is 5.32 Å². The maximum Gasteiger partial charge on any atom is 0.228 e. The third-order valence-electron chi connectivity index (χ3n) is 1.18. The Morgan fingerprint density at radius 2 is 2.33 bits per heavy atom. The zero-order valence-corrected chi connectivity index (χ0v) is 5.02. The van der Waals surface area contributed by atoms with E-state index in [-0.39, 0.29) is 12.3 Å². The van der Waals surface area contributed by atoms with Gasteiger partial charge in [-0.15, -0.1) is 0 Å². The maximum atomic E-state index is 10.5. The molecule has 0 bridgehead atoms. The minimum atomic E-state index is -0.201. The Balaban J connectivity index is 2.09. The van der Waals surface area contributed by atoms with Crippen LogP contribution in [0.4, 0.5) is 0 Å². The SMILES string of the molecule is O=[C]CC(=O)NC1CC1. The number of hydrogen-bond acceptors (Lipinski definition) is 2. The second-order valence-corrected chi connectivity index (χ2v) is 2.16. The lowest BCUT2D eigenvalue weighted by Gasteiger charge is -1.95. The van der Waals surface area contributed by atoms with Gasteiger partial charge in [0.05, 0.1) is 6.42 Å². The largest absolute Gasteiger partial charge is 0.353 e. The highest BCUT2D eigenvalue weighted by Gasteiger charge is 2.22. The molecule has 1 fully saturated rings. The molecule has 9 heavy (non-hydrogen) atoms. The molecule has 0 aromatic rings. The highest BCUT2D eigenvalue weighted by molar-refractivity contribution is 5.88. The van der Waals surface area contributed by atoms with Crippen molar-refractivity contribution in [1.29, 1.82) is 0 Å². The van der Waals surface area contributed by atoms with Gasteiger partial charge in [-0.05, 0) is 12.8 Å². The van der Waals surface area contributed by atoms with Crippen LogP contribution in [-0.2, 0) is 9.59 Å². The predicted octanol–water partition coefficient (Wildman–Crippen LogP) is -0.235. The summed E-state index contributed by atoms with van der Waals surface area (Å²) in [6.07, 6.45) is 3.54. The molecule has 1 N–H and O–H groups in total. The van der Waals surface area contributed by atoms with Crippen LogP contribution in [0.15, 0.2) is 0 Å². The van der Waals surface area contributed by atoms with Gasteiger partial charge in [-0.1, -0.05) is 0 Å². The number of carbonyl (C=O) groups is 1. The molecule has 3 heteroatoms. The second-order valence-electron chi connectivity index (χ2n) is 2.16. The van der Waals surface area contributed by atoms with E-state index in [1.165, 1.54) is 6.29 Å². The minimum absolute atomic E-state index is 0.115. The van der Waals surface area contributed by atoms with Crippen molar-refractivity contribution in [3.63, 3.8) is 0 Å². The summed E-state index contributed by atoms with van der Waals surface area (Å²) in [4.78, 5) is 20.2. The first-order chi connectivity index (χ1) is 4.33. The molecule has 1 aliphatic rings. The van der Waals surface area contributed by atoms with E-state index in [0.717, 1.165) is 12.8 Å². The van der Waals surface area contributed by atoms with Gasteiger partial charge in [-0.3, -0.25) is 9.59 Å². The van der Waals surface area contributed by atoms with Crippen LogP contribution in [0.25, 0.3) is 0 Å². The molecule has 1 radical (unpaired) electrons. The van der Waals surface area contributed by atoms with Crippen LogP contribution in [0.1, 0.15) is 19.3 Å². The van der Waals surface area contributed by atoms with Crippen molar-refractivity contribution in [3.8, 4) is 0 Å². The van der Waals surface area contributed by atoms with Crippen molar-refractivity contribution >= 4 is 12.2 Å². The lowest BCUT2D eigenvalue weighted by atomic mass is 10.4. The first-order valence-electron chi connectivity index (χ1n) is 2.97. The number of nitrogens with one attached hydrogen (secondary N) is 1. The van der Waals surface area contributed by atoms with Crippen molar-refractivity contribution in [3.05, 3.63) is 0 Å². The monoisotopic (exact) mass is 126 g/mol. The van der Waals surface area contributed by atoms with E-state index >= 15 is 0 Å². The first-order valence-corrected chi connectivity index (χ1v) is 2.97. The fourth-order valence-electron chi connectivity index (χ4n) is 0.572. The summed E-state index contributed by atoms with van der Waals surface area (Å²) in [6, 6.07) is 0.353. The quantitative estimate of drug-likeness (QED) is 0.531. The molecule has 1 rings (SSSR count). The molecule has 3 nitrogen and oxygen atoms in total. The molecule has 0 saturated heterocycles. The van der Waals surface area contributed by atoms with Gasteiger partial charge in [0.25, 0.3) is 0 Å². The normalized spacial score (nSPS) is 16.9. The second kappa shape index (κ2) is 2.62. The minimum Gasteiger partial charge on any atom is -0.353 e. The summed E-state index contributed by atoms with van der Waals surface area (Å²) in [5.74, 6) is -0.201. The Hall–Kier alpha value is -0.860. The maximum absolute atomic E-state index is 10.5. The summed E-state index contributed by atoms with van der Waals surface area (Å²) >= 11 is 0. The Labute approximate surface area is 53.4 Å². The van der Waals surface area contributed by atoms with Gasteiger partial charge in [-0.25, -0.2) is 0 Å². The van der Waals surface area contributed by atoms with Crippen LogP contribution < -0.4 is 5.32 Å².